The second kappa shape index (κ2) is 10.9. The molecule has 7 nitrogen and oxygen atoms in total. The fraction of sp³-hybridized carbons (Fsp3) is 0.522. The minimum Gasteiger partial charge on any atom is -0.491 e. The number of carbonyl (C=O) groups is 1. The Bertz CT molecular complexity index is 782. The minimum atomic E-state index is 0.0568. The molecular weight excluding hydrogens is 378 g/mol. The first-order valence-electron chi connectivity index (χ1n) is 10.8. The van der Waals surface area contributed by atoms with Crippen LogP contribution in [-0.4, -0.2) is 66.4 Å². The molecule has 30 heavy (non-hydrogen) atoms. The summed E-state index contributed by atoms with van der Waals surface area (Å²) < 4.78 is 5.66. The molecule has 7 heteroatoms. The number of rotatable bonds is 10. The van der Waals surface area contributed by atoms with E-state index in [1.165, 1.54) is 5.56 Å². The maximum Gasteiger partial charge on any atom is 0.234 e. The van der Waals surface area contributed by atoms with Gasteiger partial charge in [0.25, 0.3) is 0 Å². The van der Waals surface area contributed by atoms with Crippen LogP contribution in [0.1, 0.15) is 32.3 Å². The molecule has 1 aromatic carbocycles. The van der Waals surface area contributed by atoms with Crippen LogP contribution in [-0.2, 0) is 11.2 Å². The SMILES string of the molecule is CC(C)Oc1ccc(CCNC(=O)CN(C)CC2CCCN2c2cccnn2)cc1. The number of carbonyl (C=O) groups excluding carboxylic acids is 1. The van der Waals surface area contributed by atoms with Gasteiger partial charge in [-0.25, -0.2) is 0 Å². The van der Waals surface area contributed by atoms with Crippen LogP contribution in [0.15, 0.2) is 42.6 Å². The average Bonchev–Trinajstić information content (AvgIpc) is 3.17. The van der Waals surface area contributed by atoms with Crippen LogP contribution in [0.3, 0.4) is 0 Å². The van der Waals surface area contributed by atoms with Crippen molar-refractivity contribution in [1.29, 1.82) is 0 Å². The van der Waals surface area contributed by atoms with Crippen LogP contribution >= 0.6 is 0 Å². The zero-order chi connectivity index (χ0) is 21.3. The van der Waals surface area contributed by atoms with Gasteiger partial charge in [-0.3, -0.25) is 9.69 Å². The number of hydrogen-bond donors (Lipinski definition) is 1. The lowest BCUT2D eigenvalue weighted by Crippen LogP contribution is -2.43. The number of hydrogen-bond acceptors (Lipinski definition) is 6. The minimum absolute atomic E-state index is 0.0568. The molecule has 0 radical (unpaired) electrons. The van der Waals surface area contributed by atoms with Gasteiger partial charge in [-0.1, -0.05) is 12.1 Å². The Labute approximate surface area is 179 Å². The highest BCUT2D eigenvalue weighted by atomic mass is 16.5. The summed E-state index contributed by atoms with van der Waals surface area (Å²) in [4.78, 5) is 16.7. The van der Waals surface area contributed by atoms with Crippen molar-refractivity contribution in [3.63, 3.8) is 0 Å². The molecular formula is C23H33N5O2. The third-order valence-electron chi connectivity index (χ3n) is 5.20. The van der Waals surface area contributed by atoms with Gasteiger partial charge in [-0.05, 0) is 70.0 Å². The number of nitrogens with one attached hydrogen (secondary N) is 1. The Kier molecular flexibility index (Phi) is 8.02. The highest BCUT2D eigenvalue weighted by Gasteiger charge is 2.27. The van der Waals surface area contributed by atoms with Crippen molar-refractivity contribution in [2.24, 2.45) is 0 Å². The van der Waals surface area contributed by atoms with Crippen LogP contribution in [0.2, 0.25) is 0 Å². The summed E-state index contributed by atoms with van der Waals surface area (Å²) in [6.45, 7) is 6.88. The van der Waals surface area contributed by atoms with Crippen LogP contribution < -0.4 is 15.0 Å². The maximum absolute atomic E-state index is 12.3. The second-order valence-electron chi connectivity index (χ2n) is 8.18. The van der Waals surface area contributed by atoms with E-state index in [0.29, 0.717) is 19.1 Å². The standard InChI is InChI=1S/C23H33N5O2/c1-18(2)30-21-10-8-19(9-11-21)12-14-24-23(29)17-27(3)16-20-6-5-15-28(20)22-7-4-13-25-26-22/h4,7-11,13,18,20H,5-6,12,14-17H2,1-3H3,(H,24,29). The van der Waals surface area contributed by atoms with Crippen molar-refractivity contribution in [3.05, 3.63) is 48.2 Å². The molecule has 1 saturated heterocycles. The number of aromatic nitrogens is 2. The number of benzene rings is 1. The van der Waals surface area contributed by atoms with Crippen molar-refractivity contribution < 1.29 is 9.53 Å². The fourth-order valence-corrected chi connectivity index (χ4v) is 3.85. The summed E-state index contributed by atoms with van der Waals surface area (Å²) >= 11 is 0. The lowest BCUT2D eigenvalue weighted by atomic mass is 10.1. The number of likely N-dealkylation sites (N-methyl/N-ethyl adjacent to an activating group) is 1. The van der Waals surface area contributed by atoms with Crippen molar-refractivity contribution in [1.82, 2.24) is 20.4 Å². The normalized spacial score (nSPS) is 16.3. The molecule has 0 bridgehead atoms. The van der Waals surface area contributed by atoms with E-state index < -0.39 is 0 Å². The lowest BCUT2D eigenvalue weighted by Gasteiger charge is -2.28. The third-order valence-corrected chi connectivity index (χ3v) is 5.20. The molecule has 0 aliphatic carbocycles. The first-order valence-corrected chi connectivity index (χ1v) is 10.8. The number of anilines is 1. The van der Waals surface area contributed by atoms with Gasteiger partial charge >= 0.3 is 0 Å². The monoisotopic (exact) mass is 411 g/mol. The molecule has 0 saturated carbocycles. The van der Waals surface area contributed by atoms with E-state index in [-0.39, 0.29) is 12.0 Å². The predicted molar refractivity (Wildman–Crippen MR) is 119 cm³/mol. The molecule has 3 rings (SSSR count). The lowest BCUT2D eigenvalue weighted by molar-refractivity contribution is -0.121. The molecule has 1 atom stereocenters. The van der Waals surface area contributed by atoms with Crippen molar-refractivity contribution in [3.8, 4) is 5.75 Å². The smallest absolute Gasteiger partial charge is 0.234 e. The van der Waals surface area contributed by atoms with Gasteiger partial charge in [0.2, 0.25) is 5.91 Å². The van der Waals surface area contributed by atoms with E-state index in [4.69, 9.17) is 4.74 Å². The molecule has 162 valence electrons. The van der Waals surface area contributed by atoms with Gasteiger partial charge in [0.1, 0.15) is 5.75 Å². The summed E-state index contributed by atoms with van der Waals surface area (Å²) in [7, 11) is 2.00. The molecule has 1 unspecified atom stereocenters. The van der Waals surface area contributed by atoms with Gasteiger partial charge in [-0.2, -0.15) is 5.10 Å². The van der Waals surface area contributed by atoms with Gasteiger partial charge in [0, 0.05) is 31.9 Å². The Morgan fingerprint density at radius 3 is 2.80 bits per heavy atom. The van der Waals surface area contributed by atoms with Crippen molar-refractivity contribution >= 4 is 11.7 Å². The average molecular weight is 412 g/mol. The van der Waals surface area contributed by atoms with E-state index in [0.717, 1.165) is 43.9 Å². The highest BCUT2D eigenvalue weighted by Crippen LogP contribution is 2.23. The molecule has 1 N–H and O–H groups in total. The topological polar surface area (TPSA) is 70.6 Å². The Morgan fingerprint density at radius 2 is 2.10 bits per heavy atom. The van der Waals surface area contributed by atoms with Crippen LogP contribution in [0.4, 0.5) is 5.82 Å². The summed E-state index contributed by atoms with van der Waals surface area (Å²) in [5, 5.41) is 11.3. The van der Waals surface area contributed by atoms with Gasteiger partial charge in [-0.15, -0.1) is 5.10 Å². The Hall–Kier alpha value is -2.67. The molecule has 1 aliphatic heterocycles. The van der Waals surface area contributed by atoms with Crippen LogP contribution in [0, 0.1) is 0 Å². The number of nitrogens with zero attached hydrogens (tertiary/aromatic N) is 4. The molecule has 1 fully saturated rings. The molecule has 1 aliphatic rings. The Morgan fingerprint density at radius 1 is 1.30 bits per heavy atom. The summed E-state index contributed by atoms with van der Waals surface area (Å²) in [6.07, 6.45) is 4.92. The molecule has 0 spiro atoms. The van der Waals surface area contributed by atoms with E-state index in [1.54, 1.807) is 6.20 Å². The second-order valence-corrected chi connectivity index (χ2v) is 8.18. The van der Waals surface area contributed by atoms with Crippen LogP contribution in [0.5, 0.6) is 5.75 Å². The largest absolute Gasteiger partial charge is 0.491 e. The van der Waals surface area contributed by atoms with Gasteiger partial charge in [0.05, 0.1) is 12.6 Å². The summed E-state index contributed by atoms with van der Waals surface area (Å²) in [6, 6.07) is 12.4. The third kappa shape index (κ3) is 6.69. The Balaban J connectivity index is 1.38. The summed E-state index contributed by atoms with van der Waals surface area (Å²) in [5.74, 6) is 1.85. The van der Waals surface area contributed by atoms with Crippen LogP contribution in [0.25, 0.3) is 0 Å². The quantitative estimate of drug-likeness (QED) is 0.648. The zero-order valence-corrected chi connectivity index (χ0v) is 18.3. The van der Waals surface area contributed by atoms with E-state index >= 15 is 0 Å². The van der Waals surface area contributed by atoms with E-state index in [1.807, 2.05) is 45.2 Å². The van der Waals surface area contributed by atoms with Crippen molar-refractivity contribution in [2.45, 2.75) is 45.3 Å². The van der Waals surface area contributed by atoms with E-state index in [2.05, 4.69) is 37.4 Å². The maximum atomic E-state index is 12.3. The summed E-state index contributed by atoms with van der Waals surface area (Å²) in [5.41, 5.74) is 1.19. The molecule has 1 amide bonds. The highest BCUT2D eigenvalue weighted by molar-refractivity contribution is 5.78. The predicted octanol–water partition coefficient (Wildman–Crippen LogP) is 2.52. The fourth-order valence-electron chi connectivity index (χ4n) is 3.85. The van der Waals surface area contributed by atoms with Gasteiger partial charge in [0.15, 0.2) is 5.82 Å². The van der Waals surface area contributed by atoms with E-state index in [9.17, 15) is 4.79 Å². The molecule has 2 aromatic rings. The number of amides is 1. The first kappa shape index (κ1) is 22.0. The molecule has 1 aromatic heterocycles. The zero-order valence-electron chi connectivity index (χ0n) is 18.3. The first-order chi connectivity index (χ1) is 14.5. The van der Waals surface area contributed by atoms with Gasteiger partial charge < -0.3 is 15.0 Å². The molecule has 2 heterocycles. The van der Waals surface area contributed by atoms with Crippen molar-refractivity contribution in [2.75, 3.05) is 38.1 Å². The number of ether oxygens (including phenoxy) is 1.